The number of nitro benzene ring substituents is 1. The van der Waals surface area contributed by atoms with Crippen LogP contribution in [-0.2, 0) is 19.2 Å². The van der Waals surface area contributed by atoms with E-state index < -0.39 is 16.8 Å². The Labute approximate surface area is 224 Å². The lowest BCUT2D eigenvalue weighted by Gasteiger charge is -2.25. The summed E-state index contributed by atoms with van der Waals surface area (Å²) in [6, 6.07) is 8.67. The number of esters is 1. The first-order valence-corrected chi connectivity index (χ1v) is 12.9. The number of nitro groups is 1. The Bertz CT molecular complexity index is 1390. The van der Waals surface area contributed by atoms with Crippen molar-refractivity contribution in [2.45, 2.75) is 39.5 Å². The molecule has 2 aromatic rings. The van der Waals surface area contributed by atoms with Gasteiger partial charge in [0.15, 0.2) is 0 Å². The van der Waals surface area contributed by atoms with Crippen molar-refractivity contribution in [3.8, 4) is 11.5 Å². The smallest absolute Gasteiger partial charge is 0.316 e. The molecule has 3 amide bonds. The topological polar surface area (TPSA) is 136 Å². The van der Waals surface area contributed by atoms with Gasteiger partial charge in [-0.05, 0) is 61.9 Å². The van der Waals surface area contributed by atoms with Crippen LogP contribution in [0, 0.1) is 40.7 Å². The number of fused-ring (bicyclic) bond motifs is 1. The summed E-state index contributed by atoms with van der Waals surface area (Å²) >= 11 is 0. The van der Waals surface area contributed by atoms with Crippen molar-refractivity contribution in [3.63, 3.8) is 0 Å². The van der Waals surface area contributed by atoms with Gasteiger partial charge in [0.05, 0.1) is 47.2 Å². The summed E-state index contributed by atoms with van der Waals surface area (Å²) < 4.78 is 10.8. The second kappa shape index (κ2) is 10.1. The summed E-state index contributed by atoms with van der Waals surface area (Å²) in [5.74, 6) is -1.80. The molecular weight excluding hydrogens is 506 g/mol. The van der Waals surface area contributed by atoms with Gasteiger partial charge in [-0.3, -0.25) is 29.3 Å². The van der Waals surface area contributed by atoms with E-state index in [-0.39, 0.29) is 59.7 Å². The van der Waals surface area contributed by atoms with Crippen LogP contribution in [-0.4, -0.2) is 42.3 Å². The van der Waals surface area contributed by atoms with E-state index in [9.17, 15) is 29.3 Å². The van der Waals surface area contributed by atoms with Crippen molar-refractivity contribution in [1.29, 1.82) is 0 Å². The molecular formula is C28H29N3O8. The molecule has 2 aromatic carbocycles. The van der Waals surface area contributed by atoms with Gasteiger partial charge in [-0.1, -0.05) is 6.92 Å². The highest BCUT2D eigenvalue weighted by Gasteiger charge is 2.50. The zero-order chi connectivity index (χ0) is 28.0. The Balaban J connectivity index is 1.28. The first kappa shape index (κ1) is 26.3. The average Bonchev–Trinajstić information content (AvgIpc) is 3.40. The lowest BCUT2D eigenvalue weighted by molar-refractivity contribution is -0.384. The molecule has 0 N–H and O–H groups in total. The molecule has 3 aliphatic rings. The average molecular weight is 536 g/mol. The fourth-order valence-electron chi connectivity index (χ4n) is 5.87. The van der Waals surface area contributed by atoms with Crippen molar-refractivity contribution in [2.24, 2.45) is 23.7 Å². The van der Waals surface area contributed by atoms with Crippen LogP contribution in [0.15, 0.2) is 36.4 Å². The summed E-state index contributed by atoms with van der Waals surface area (Å²) in [6.45, 7) is 3.88. The number of methoxy groups -OCH3 is 1. The number of nitrogens with zero attached hydrogens (tertiary/aromatic N) is 3. The van der Waals surface area contributed by atoms with Crippen molar-refractivity contribution >= 4 is 40.8 Å². The molecule has 204 valence electrons. The molecule has 5 rings (SSSR count). The summed E-state index contributed by atoms with van der Waals surface area (Å²) in [7, 11) is 1.35. The molecule has 2 heterocycles. The van der Waals surface area contributed by atoms with Crippen LogP contribution in [0.5, 0.6) is 11.5 Å². The normalized spacial score (nSPS) is 24.6. The Kier molecular flexibility index (Phi) is 6.83. The van der Waals surface area contributed by atoms with Crippen LogP contribution in [0.25, 0.3) is 0 Å². The van der Waals surface area contributed by atoms with Gasteiger partial charge < -0.3 is 14.4 Å². The van der Waals surface area contributed by atoms with Gasteiger partial charge in [0.2, 0.25) is 17.7 Å². The quantitative estimate of drug-likeness (QED) is 0.179. The van der Waals surface area contributed by atoms with E-state index in [4.69, 9.17) is 9.47 Å². The van der Waals surface area contributed by atoms with Crippen LogP contribution in [0.1, 0.15) is 38.2 Å². The summed E-state index contributed by atoms with van der Waals surface area (Å²) in [6.07, 6.45) is 2.27. The number of non-ortho nitro benzene ring substituents is 1. The van der Waals surface area contributed by atoms with Gasteiger partial charge in [-0.25, -0.2) is 4.90 Å². The maximum absolute atomic E-state index is 13.1. The summed E-state index contributed by atoms with van der Waals surface area (Å²) in [4.78, 5) is 65.0. The lowest BCUT2D eigenvalue weighted by Crippen LogP contribution is -2.31. The number of aryl methyl sites for hydroxylation is 1. The van der Waals surface area contributed by atoms with Crippen LogP contribution < -0.4 is 19.3 Å². The largest absolute Gasteiger partial charge is 0.494 e. The summed E-state index contributed by atoms with van der Waals surface area (Å²) in [5.41, 5.74) is 1.26. The number of amides is 3. The van der Waals surface area contributed by atoms with Crippen LogP contribution >= 0.6 is 0 Å². The molecule has 0 unspecified atom stereocenters. The number of benzene rings is 2. The van der Waals surface area contributed by atoms with E-state index in [1.807, 2.05) is 0 Å². The Morgan fingerprint density at radius 3 is 2.44 bits per heavy atom. The Morgan fingerprint density at radius 2 is 1.74 bits per heavy atom. The second-order valence-corrected chi connectivity index (χ2v) is 10.5. The molecule has 0 spiro atoms. The number of ether oxygens (including phenoxy) is 2. The Hall–Kier alpha value is -4.28. The molecule has 0 aromatic heterocycles. The predicted octanol–water partition coefficient (Wildman–Crippen LogP) is 3.80. The highest BCUT2D eigenvalue weighted by Crippen LogP contribution is 2.43. The third-order valence-electron chi connectivity index (χ3n) is 7.94. The van der Waals surface area contributed by atoms with E-state index in [1.165, 1.54) is 35.1 Å². The highest BCUT2D eigenvalue weighted by molar-refractivity contribution is 6.22. The highest BCUT2D eigenvalue weighted by atomic mass is 16.6. The van der Waals surface area contributed by atoms with Crippen molar-refractivity contribution in [2.75, 3.05) is 23.5 Å². The standard InChI is InChI=1S/C28H29N3O8/c1-15-4-7-20-21(10-15)27(34)30(26(20)33)22-9-6-19(11-16(22)2)39-28(35)17-12-25(32)29(14-17)23-8-5-18(31(36)37)13-24(23)38-3/h5-6,8-9,11,13,15,17,20-21H,4,7,10,12,14H2,1-3H3/t15-,17-,20-,21-/m1/s1. The number of carbonyl (C=O) groups is 4. The minimum atomic E-state index is -0.760. The maximum Gasteiger partial charge on any atom is 0.316 e. The number of imide groups is 1. The molecule has 1 aliphatic carbocycles. The number of rotatable bonds is 6. The molecule has 3 fully saturated rings. The zero-order valence-electron chi connectivity index (χ0n) is 21.9. The van der Waals surface area contributed by atoms with Gasteiger partial charge in [-0.2, -0.15) is 0 Å². The van der Waals surface area contributed by atoms with Crippen molar-refractivity contribution in [1.82, 2.24) is 0 Å². The monoisotopic (exact) mass is 535 g/mol. The first-order chi connectivity index (χ1) is 18.6. The molecule has 11 nitrogen and oxygen atoms in total. The lowest BCUT2D eigenvalue weighted by atomic mass is 9.76. The van der Waals surface area contributed by atoms with E-state index in [0.29, 0.717) is 35.7 Å². The summed E-state index contributed by atoms with van der Waals surface area (Å²) in [5, 5.41) is 11.1. The van der Waals surface area contributed by atoms with Crippen LogP contribution in [0.2, 0.25) is 0 Å². The fourth-order valence-corrected chi connectivity index (χ4v) is 5.87. The number of carbonyl (C=O) groups excluding carboxylic acids is 4. The Morgan fingerprint density at radius 1 is 1.03 bits per heavy atom. The second-order valence-electron chi connectivity index (χ2n) is 10.5. The van der Waals surface area contributed by atoms with Crippen LogP contribution in [0.3, 0.4) is 0 Å². The maximum atomic E-state index is 13.1. The number of hydrogen-bond donors (Lipinski definition) is 0. The molecule has 2 aliphatic heterocycles. The molecule has 11 heteroatoms. The molecule has 0 bridgehead atoms. The third-order valence-corrected chi connectivity index (χ3v) is 7.94. The van der Waals surface area contributed by atoms with Crippen molar-refractivity contribution in [3.05, 3.63) is 52.1 Å². The van der Waals surface area contributed by atoms with Crippen molar-refractivity contribution < 1.29 is 33.6 Å². The molecule has 4 atom stereocenters. The molecule has 39 heavy (non-hydrogen) atoms. The minimum Gasteiger partial charge on any atom is -0.494 e. The van der Waals surface area contributed by atoms with Gasteiger partial charge in [0.25, 0.3) is 5.69 Å². The predicted molar refractivity (Wildman–Crippen MR) is 139 cm³/mol. The number of anilines is 2. The van der Waals surface area contributed by atoms with Gasteiger partial charge >= 0.3 is 5.97 Å². The zero-order valence-corrected chi connectivity index (χ0v) is 21.9. The number of hydrogen-bond acceptors (Lipinski definition) is 8. The van der Waals surface area contributed by atoms with E-state index in [2.05, 4.69) is 6.92 Å². The van der Waals surface area contributed by atoms with E-state index in [0.717, 1.165) is 6.42 Å². The third kappa shape index (κ3) is 4.73. The van der Waals surface area contributed by atoms with Gasteiger partial charge in [-0.15, -0.1) is 0 Å². The van der Waals surface area contributed by atoms with E-state index >= 15 is 0 Å². The fraction of sp³-hybridized carbons (Fsp3) is 0.429. The minimum absolute atomic E-state index is 0.0287. The molecule has 2 saturated heterocycles. The molecule has 0 radical (unpaired) electrons. The SMILES string of the molecule is COc1cc([N+](=O)[O-])ccc1N1C[C@H](C(=O)Oc2ccc(N3C(=O)[C@@H]4CC[C@@H](C)C[C@H]4C3=O)c(C)c2)CC1=O. The van der Waals surface area contributed by atoms with E-state index in [1.54, 1.807) is 25.1 Å². The molecule has 1 saturated carbocycles. The van der Waals surface area contributed by atoms with Crippen LogP contribution in [0.4, 0.5) is 17.1 Å². The van der Waals surface area contributed by atoms with Gasteiger partial charge in [0, 0.05) is 19.0 Å². The van der Waals surface area contributed by atoms with Gasteiger partial charge in [0.1, 0.15) is 11.5 Å². The first-order valence-electron chi connectivity index (χ1n) is 12.9.